The normalized spacial score (nSPS) is 10.9. The predicted molar refractivity (Wildman–Crippen MR) is 76.5 cm³/mol. The molecule has 1 N–H and O–H groups in total. The highest BCUT2D eigenvalue weighted by atomic mass is 79.9. The van der Waals surface area contributed by atoms with Gasteiger partial charge in [0.1, 0.15) is 5.75 Å². The molecule has 0 aliphatic carbocycles. The van der Waals surface area contributed by atoms with Crippen LogP contribution in [0.3, 0.4) is 0 Å². The van der Waals surface area contributed by atoms with Gasteiger partial charge < -0.3 is 10.1 Å². The first kappa shape index (κ1) is 14.5. The molecule has 2 nitrogen and oxygen atoms in total. The quantitative estimate of drug-likeness (QED) is 0.769. The smallest absolute Gasteiger partial charge is 0.133 e. The average molecular weight is 300 g/mol. The fraction of sp³-hybridized carbons (Fsp3) is 0.571. The van der Waals surface area contributed by atoms with Gasteiger partial charge in [-0.05, 0) is 58.9 Å². The molecular weight excluding hydrogens is 278 g/mol. The van der Waals surface area contributed by atoms with Crippen molar-refractivity contribution in [2.45, 2.75) is 33.2 Å². The van der Waals surface area contributed by atoms with E-state index in [0.29, 0.717) is 0 Å². The van der Waals surface area contributed by atoms with Gasteiger partial charge in [-0.2, -0.15) is 0 Å². The number of ether oxygens (including phenoxy) is 1. The highest BCUT2D eigenvalue weighted by Crippen LogP contribution is 2.25. The summed E-state index contributed by atoms with van der Waals surface area (Å²) >= 11 is 3.50. The average Bonchev–Trinajstić information content (AvgIpc) is 2.28. The lowest BCUT2D eigenvalue weighted by Crippen LogP contribution is -2.15. The molecule has 0 aromatic heterocycles. The monoisotopic (exact) mass is 299 g/mol. The van der Waals surface area contributed by atoms with Gasteiger partial charge in [-0.1, -0.05) is 19.9 Å². The largest absolute Gasteiger partial charge is 0.496 e. The zero-order valence-corrected chi connectivity index (χ0v) is 12.5. The second-order valence-corrected chi connectivity index (χ2v) is 5.54. The van der Waals surface area contributed by atoms with Gasteiger partial charge in [0.05, 0.1) is 11.6 Å². The molecule has 1 aromatic rings. The number of hydrogen-bond donors (Lipinski definition) is 1. The molecule has 0 saturated carbocycles. The summed E-state index contributed by atoms with van der Waals surface area (Å²) in [6.07, 6.45) is 2.54. The minimum atomic E-state index is 0.798. The lowest BCUT2D eigenvalue weighted by Gasteiger charge is -2.08. The predicted octanol–water partition coefficient (Wildman–Crippen LogP) is 3.98. The van der Waals surface area contributed by atoms with Crippen LogP contribution in [0, 0.1) is 5.92 Å². The molecule has 0 unspecified atom stereocenters. The van der Waals surface area contributed by atoms with E-state index in [1.807, 2.05) is 6.07 Å². The third-order valence-corrected chi connectivity index (χ3v) is 3.30. The summed E-state index contributed by atoms with van der Waals surface area (Å²) in [5.41, 5.74) is 1.28. The van der Waals surface area contributed by atoms with Crippen LogP contribution in [0.5, 0.6) is 5.75 Å². The molecule has 0 aliphatic rings. The molecule has 0 radical (unpaired) electrons. The van der Waals surface area contributed by atoms with Crippen LogP contribution in [0.1, 0.15) is 32.3 Å². The van der Waals surface area contributed by atoms with Crippen LogP contribution >= 0.6 is 15.9 Å². The number of hydrogen-bond acceptors (Lipinski definition) is 2. The van der Waals surface area contributed by atoms with Crippen LogP contribution in [0.15, 0.2) is 22.7 Å². The third kappa shape index (κ3) is 5.55. The Kier molecular flexibility index (Phi) is 6.60. The van der Waals surface area contributed by atoms with Crippen LogP contribution in [0.2, 0.25) is 0 Å². The second kappa shape index (κ2) is 7.72. The molecule has 0 heterocycles. The van der Waals surface area contributed by atoms with Crippen molar-refractivity contribution in [3.8, 4) is 5.75 Å². The highest BCUT2D eigenvalue weighted by Gasteiger charge is 2.01. The van der Waals surface area contributed by atoms with Crippen molar-refractivity contribution in [3.05, 3.63) is 28.2 Å². The van der Waals surface area contributed by atoms with E-state index in [0.717, 1.165) is 29.2 Å². The minimum absolute atomic E-state index is 0.798. The maximum absolute atomic E-state index is 5.20. The molecule has 1 aromatic carbocycles. The molecule has 0 fully saturated rings. The first-order valence-corrected chi connectivity index (χ1v) is 6.96. The molecule has 0 bridgehead atoms. The van der Waals surface area contributed by atoms with Gasteiger partial charge in [0.2, 0.25) is 0 Å². The van der Waals surface area contributed by atoms with Crippen molar-refractivity contribution < 1.29 is 4.74 Å². The van der Waals surface area contributed by atoms with Crippen LogP contribution in [0.4, 0.5) is 0 Å². The van der Waals surface area contributed by atoms with Crippen LogP contribution in [-0.4, -0.2) is 13.7 Å². The van der Waals surface area contributed by atoms with E-state index in [4.69, 9.17) is 4.74 Å². The van der Waals surface area contributed by atoms with Crippen molar-refractivity contribution in [3.63, 3.8) is 0 Å². The molecule has 0 atom stereocenters. The lowest BCUT2D eigenvalue weighted by atomic mass is 10.1. The fourth-order valence-corrected chi connectivity index (χ4v) is 2.28. The van der Waals surface area contributed by atoms with Crippen molar-refractivity contribution in [1.82, 2.24) is 5.32 Å². The number of benzene rings is 1. The van der Waals surface area contributed by atoms with Gasteiger partial charge in [0.15, 0.2) is 0 Å². The van der Waals surface area contributed by atoms with Crippen molar-refractivity contribution >= 4 is 15.9 Å². The molecule has 0 amide bonds. The summed E-state index contributed by atoms with van der Waals surface area (Å²) in [5, 5.41) is 3.46. The molecule has 3 heteroatoms. The van der Waals surface area contributed by atoms with Gasteiger partial charge in [0, 0.05) is 6.54 Å². The van der Waals surface area contributed by atoms with Gasteiger partial charge in [0.25, 0.3) is 0 Å². The van der Waals surface area contributed by atoms with Gasteiger partial charge in [-0.3, -0.25) is 0 Å². The van der Waals surface area contributed by atoms with E-state index in [1.165, 1.54) is 18.4 Å². The van der Waals surface area contributed by atoms with E-state index < -0.39 is 0 Å². The Bertz CT molecular complexity index is 339. The third-order valence-electron chi connectivity index (χ3n) is 2.68. The fourth-order valence-electron chi connectivity index (χ4n) is 1.69. The summed E-state index contributed by atoms with van der Waals surface area (Å²) < 4.78 is 6.22. The molecule has 0 spiro atoms. The Morgan fingerprint density at radius 2 is 2.12 bits per heavy atom. The highest BCUT2D eigenvalue weighted by molar-refractivity contribution is 9.10. The SMILES string of the molecule is COc1ccc(CNCCCC(C)C)cc1Br. The number of methoxy groups -OCH3 is 1. The maximum Gasteiger partial charge on any atom is 0.133 e. The van der Waals surface area contributed by atoms with Crippen LogP contribution in [0.25, 0.3) is 0 Å². The van der Waals surface area contributed by atoms with Crippen LogP contribution < -0.4 is 10.1 Å². The van der Waals surface area contributed by atoms with E-state index >= 15 is 0 Å². The van der Waals surface area contributed by atoms with Crippen molar-refractivity contribution in [2.24, 2.45) is 5.92 Å². The van der Waals surface area contributed by atoms with Crippen molar-refractivity contribution in [1.29, 1.82) is 0 Å². The van der Waals surface area contributed by atoms with Crippen molar-refractivity contribution in [2.75, 3.05) is 13.7 Å². The molecular formula is C14H22BrNO. The number of halogens is 1. The molecule has 96 valence electrons. The Morgan fingerprint density at radius 3 is 2.71 bits per heavy atom. The second-order valence-electron chi connectivity index (χ2n) is 4.68. The molecule has 0 saturated heterocycles. The molecule has 1 rings (SSSR count). The van der Waals surface area contributed by atoms with Gasteiger partial charge >= 0.3 is 0 Å². The van der Waals surface area contributed by atoms with Crippen LogP contribution in [-0.2, 0) is 6.54 Å². The van der Waals surface area contributed by atoms with E-state index in [1.54, 1.807) is 7.11 Å². The summed E-state index contributed by atoms with van der Waals surface area (Å²) in [5.74, 6) is 1.68. The first-order valence-electron chi connectivity index (χ1n) is 6.16. The Hall–Kier alpha value is -0.540. The molecule has 0 aliphatic heterocycles. The zero-order valence-electron chi connectivity index (χ0n) is 10.9. The van der Waals surface area contributed by atoms with E-state index in [2.05, 4.69) is 47.2 Å². The molecule has 17 heavy (non-hydrogen) atoms. The maximum atomic E-state index is 5.20. The summed E-state index contributed by atoms with van der Waals surface area (Å²) in [6.45, 7) is 6.53. The minimum Gasteiger partial charge on any atom is -0.496 e. The summed E-state index contributed by atoms with van der Waals surface area (Å²) in [4.78, 5) is 0. The topological polar surface area (TPSA) is 21.3 Å². The van der Waals surface area contributed by atoms with Gasteiger partial charge in [-0.25, -0.2) is 0 Å². The van der Waals surface area contributed by atoms with E-state index in [-0.39, 0.29) is 0 Å². The standard InChI is InChI=1S/C14H22BrNO/c1-11(2)5-4-8-16-10-12-6-7-14(17-3)13(15)9-12/h6-7,9,11,16H,4-5,8,10H2,1-3H3. The Morgan fingerprint density at radius 1 is 1.35 bits per heavy atom. The Balaban J connectivity index is 2.30. The summed E-state index contributed by atoms with van der Waals surface area (Å²) in [6, 6.07) is 6.20. The van der Waals surface area contributed by atoms with E-state index in [9.17, 15) is 0 Å². The van der Waals surface area contributed by atoms with Gasteiger partial charge in [-0.15, -0.1) is 0 Å². The number of rotatable bonds is 7. The lowest BCUT2D eigenvalue weighted by molar-refractivity contribution is 0.412. The summed E-state index contributed by atoms with van der Waals surface area (Å²) in [7, 11) is 1.68. The first-order chi connectivity index (χ1) is 8.13. The number of nitrogens with one attached hydrogen (secondary N) is 1. The zero-order chi connectivity index (χ0) is 12.7. The Labute approximate surface area is 113 Å².